The van der Waals surface area contributed by atoms with Crippen LogP contribution >= 0.6 is 31.1 Å². The van der Waals surface area contributed by atoms with E-state index in [-0.39, 0.29) is 17.5 Å². The van der Waals surface area contributed by atoms with Crippen molar-refractivity contribution in [3.8, 4) is 0 Å². The van der Waals surface area contributed by atoms with E-state index in [1.54, 1.807) is 34.6 Å². The van der Waals surface area contributed by atoms with E-state index in [1.807, 2.05) is 4.98 Å². The average Bonchev–Trinajstić information content (AvgIpc) is 3.08. The number of H-pyrrole nitrogens is 1. The lowest BCUT2D eigenvalue weighted by molar-refractivity contribution is -0.149. The molecule has 0 radical (unpaired) electrons. The average molecular weight is 602 g/mol. The summed E-state index contributed by atoms with van der Waals surface area (Å²) in [6, 6.07) is -0.0922. The first kappa shape index (κ1) is 32.7. The Bertz CT molecular complexity index is 1150. The van der Waals surface area contributed by atoms with E-state index in [9.17, 15) is 23.7 Å². The van der Waals surface area contributed by atoms with Gasteiger partial charge in [0.15, 0.2) is 11.3 Å². The third-order valence-electron chi connectivity index (χ3n) is 4.96. The second-order valence-electron chi connectivity index (χ2n) is 9.94. The molecule has 216 valence electrons. The lowest BCUT2D eigenvalue weighted by Gasteiger charge is -2.24. The Morgan fingerprint density at radius 3 is 2.58 bits per heavy atom. The van der Waals surface area contributed by atoms with Crippen LogP contribution in [0.3, 0.4) is 0 Å². The van der Waals surface area contributed by atoms with Gasteiger partial charge in [0.1, 0.15) is 6.04 Å². The molecule has 1 fully saturated rings. The second-order valence-corrected chi connectivity index (χ2v) is 13.4. The van der Waals surface area contributed by atoms with Gasteiger partial charge in [-0.3, -0.25) is 33.0 Å². The molecule has 1 aromatic rings. The minimum Gasteiger partial charge on any atom is -0.462 e. The van der Waals surface area contributed by atoms with E-state index in [1.165, 1.54) is 6.92 Å². The number of carbonyl (C=O) groups is 2. The SMILES string of the molecule is CC(C)OC(=O)C(C)NP(=O)(OCCSC(=O)C(C)(C)C)OC[C@@H]1C[C@](F)(Cl)[C@H](n2ccc(=O)[nH]c2=O)O1. The normalized spacial score (nSPS) is 24.2. The monoisotopic (exact) mass is 601 g/mol. The van der Waals surface area contributed by atoms with Crippen LogP contribution in [0.5, 0.6) is 0 Å². The highest BCUT2D eigenvalue weighted by molar-refractivity contribution is 8.13. The Labute approximate surface area is 228 Å². The highest BCUT2D eigenvalue weighted by atomic mass is 35.5. The first-order valence-electron chi connectivity index (χ1n) is 11.8. The topological polar surface area (TPSA) is 155 Å². The number of hydrogen-bond donors (Lipinski definition) is 2. The van der Waals surface area contributed by atoms with Gasteiger partial charge in [-0.05, 0) is 20.8 Å². The molecule has 0 amide bonds. The Morgan fingerprint density at radius 2 is 2.00 bits per heavy atom. The van der Waals surface area contributed by atoms with Gasteiger partial charge in [-0.15, -0.1) is 0 Å². The first-order valence-corrected chi connectivity index (χ1v) is 14.7. The van der Waals surface area contributed by atoms with Crippen LogP contribution in [-0.2, 0) is 32.7 Å². The zero-order valence-electron chi connectivity index (χ0n) is 22.0. The third-order valence-corrected chi connectivity index (χ3v) is 8.27. The van der Waals surface area contributed by atoms with E-state index < -0.39 is 73.0 Å². The molecule has 2 rings (SSSR count). The number of rotatable bonds is 12. The molecule has 2 N–H and O–H groups in total. The summed E-state index contributed by atoms with van der Waals surface area (Å²) >= 11 is 6.95. The maximum atomic E-state index is 15.1. The molecule has 2 heterocycles. The molecule has 16 heteroatoms. The highest BCUT2D eigenvalue weighted by Gasteiger charge is 2.50. The van der Waals surface area contributed by atoms with E-state index >= 15 is 4.39 Å². The molecule has 0 spiro atoms. The van der Waals surface area contributed by atoms with Crippen molar-refractivity contribution in [2.24, 2.45) is 5.41 Å². The third kappa shape index (κ3) is 9.58. The molecule has 12 nitrogen and oxygen atoms in total. The zero-order chi connectivity index (χ0) is 28.9. The summed E-state index contributed by atoms with van der Waals surface area (Å²) in [7, 11) is -4.21. The Kier molecular flexibility index (Phi) is 11.4. The molecule has 1 aliphatic rings. The molecule has 0 bridgehead atoms. The van der Waals surface area contributed by atoms with Crippen LogP contribution in [0.25, 0.3) is 0 Å². The number of ether oxygens (including phenoxy) is 2. The van der Waals surface area contributed by atoms with Crippen molar-refractivity contribution in [2.45, 2.75) is 77.6 Å². The van der Waals surface area contributed by atoms with Crippen molar-refractivity contribution in [3.05, 3.63) is 33.1 Å². The van der Waals surface area contributed by atoms with E-state index in [4.69, 9.17) is 30.1 Å². The number of hydrogen-bond acceptors (Lipinski definition) is 10. The molecule has 0 saturated carbocycles. The number of carbonyl (C=O) groups excluding carboxylic acids is 2. The summed E-state index contributed by atoms with van der Waals surface area (Å²) in [5.74, 6) is -0.551. The maximum absolute atomic E-state index is 15.1. The number of aromatic nitrogens is 2. The van der Waals surface area contributed by atoms with Crippen LogP contribution in [0.4, 0.5) is 4.39 Å². The predicted octanol–water partition coefficient (Wildman–Crippen LogP) is 3.11. The zero-order valence-corrected chi connectivity index (χ0v) is 24.5. The summed E-state index contributed by atoms with van der Waals surface area (Å²) < 4.78 is 50.9. The molecule has 2 unspecified atom stereocenters. The predicted molar refractivity (Wildman–Crippen MR) is 140 cm³/mol. The number of thioether (sulfide) groups is 1. The highest BCUT2D eigenvalue weighted by Crippen LogP contribution is 2.48. The minimum absolute atomic E-state index is 0.0945. The van der Waals surface area contributed by atoms with Crippen LogP contribution in [0.2, 0.25) is 0 Å². The van der Waals surface area contributed by atoms with Crippen molar-refractivity contribution >= 4 is 42.2 Å². The lowest BCUT2D eigenvalue weighted by atomic mass is 10.00. The van der Waals surface area contributed by atoms with Gasteiger partial charge in [-0.25, -0.2) is 18.8 Å². The van der Waals surface area contributed by atoms with Gasteiger partial charge in [-0.2, -0.15) is 0 Å². The van der Waals surface area contributed by atoms with Crippen LogP contribution in [0, 0.1) is 5.41 Å². The largest absolute Gasteiger partial charge is 0.462 e. The van der Waals surface area contributed by atoms with E-state index in [0.717, 1.165) is 28.6 Å². The van der Waals surface area contributed by atoms with Gasteiger partial charge in [-0.1, -0.05) is 44.1 Å². The fourth-order valence-corrected chi connectivity index (χ4v) is 5.87. The van der Waals surface area contributed by atoms with E-state index in [0.29, 0.717) is 0 Å². The number of halogens is 2. The summed E-state index contributed by atoms with van der Waals surface area (Å²) in [5.41, 5.74) is -2.19. The van der Waals surface area contributed by atoms with Crippen molar-refractivity contribution < 1.29 is 37.1 Å². The number of alkyl halides is 2. The van der Waals surface area contributed by atoms with Gasteiger partial charge in [0.05, 0.1) is 25.4 Å². The second kappa shape index (κ2) is 13.2. The van der Waals surface area contributed by atoms with Crippen LogP contribution in [-0.4, -0.2) is 63.0 Å². The van der Waals surface area contributed by atoms with Gasteiger partial charge in [0, 0.05) is 29.9 Å². The number of nitrogens with zero attached hydrogens (tertiary/aromatic N) is 1. The number of esters is 1. The standard InChI is InChI=1S/C22H34ClFN3O9PS/c1-13(2)35-17(29)14(3)26-37(32,33-9-10-38-19(30)21(4,5)6)34-12-15-11-22(23,24)18(36-15)27-8-7-16(28)25-20(27)31/h7-8,13-15,18H,9-12H2,1-6H3,(H,26,32)(H,25,28,31)/t14?,15-,18+,22+,37?/m0/s1. The van der Waals surface area contributed by atoms with Gasteiger partial charge < -0.3 is 9.47 Å². The van der Waals surface area contributed by atoms with E-state index in [2.05, 4.69) is 5.09 Å². The first-order chi connectivity index (χ1) is 17.4. The van der Waals surface area contributed by atoms with Gasteiger partial charge in [0.25, 0.3) is 5.56 Å². The Balaban J connectivity index is 2.10. The molecule has 1 aromatic heterocycles. The maximum Gasteiger partial charge on any atom is 0.406 e. The van der Waals surface area contributed by atoms with Crippen LogP contribution in [0.15, 0.2) is 21.9 Å². The van der Waals surface area contributed by atoms with Gasteiger partial charge in [0.2, 0.25) is 5.13 Å². The van der Waals surface area contributed by atoms with Crippen molar-refractivity contribution in [1.82, 2.24) is 14.6 Å². The Hall–Kier alpha value is -1.54. The molecule has 1 saturated heterocycles. The quantitative estimate of drug-likeness (QED) is 0.157. The molecule has 0 aromatic carbocycles. The summed E-state index contributed by atoms with van der Waals surface area (Å²) in [6.07, 6.45) is -2.51. The smallest absolute Gasteiger partial charge is 0.406 e. The fourth-order valence-electron chi connectivity index (χ4n) is 3.14. The fraction of sp³-hybridized carbons (Fsp3) is 0.727. The van der Waals surface area contributed by atoms with Gasteiger partial charge >= 0.3 is 19.4 Å². The lowest BCUT2D eigenvalue weighted by Crippen LogP contribution is -2.37. The summed E-state index contributed by atoms with van der Waals surface area (Å²) in [5, 5.41) is -0.158. The number of aromatic amines is 1. The number of nitrogens with one attached hydrogen (secondary N) is 2. The Morgan fingerprint density at radius 1 is 1.34 bits per heavy atom. The molecule has 0 aliphatic carbocycles. The summed E-state index contributed by atoms with van der Waals surface area (Å²) in [6.45, 7) is 9.33. The van der Waals surface area contributed by atoms with Crippen molar-refractivity contribution in [1.29, 1.82) is 0 Å². The van der Waals surface area contributed by atoms with Crippen molar-refractivity contribution in [3.63, 3.8) is 0 Å². The molecule has 5 atom stereocenters. The molecule has 38 heavy (non-hydrogen) atoms. The summed E-state index contributed by atoms with van der Waals surface area (Å²) in [4.78, 5) is 49.8. The molecule has 1 aliphatic heterocycles. The van der Waals surface area contributed by atoms with Crippen LogP contribution < -0.4 is 16.3 Å². The van der Waals surface area contributed by atoms with Crippen LogP contribution in [0.1, 0.15) is 54.2 Å². The minimum atomic E-state index is -4.21. The van der Waals surface area contributed by atoms with Crippen molar-refractivity contribution in [2.75, 3.05) is 19.0 Å². The molecular formula is C22H34ClFN3O9PS. The molecular weight excluding hydrogens is 568 g/mol.